The summed E-state index contributed by atoms with van der Waals surface area (Å²) < 4.78 is 0. The predicted octanol–water partition coefficient (Wildman–Crippen LogP) is 2.05. The molecule has 0 aromatic carbocycles. The van der Waals surface area contributed by atoms with E-state index < -0.39 is 5.54 Å². The van der Waals surface area contributed by atoms with E-state index in [0.717, 1.165) is 45.1 Å². The second-order valence-electron chi connectivity index (χ2n) is 5.45. The van der Waals surface area contributed by atoms with E-state index in [2.05, 4.69) is 11.8 Å². The standard InChI is InChI=1S/C13H24N2O/c1-2-6-11-7-3-4-10-15(11)12(16)13(14)8-5-9-13/h11H,2-10,14H2,1H3. The summed E-state index contributed by atoms with van der Waals surface area (Å²) in [7, 11) is 0. The van der Waals surface area contributed by atoms with Crippen LogP contribution in [0.3, 0.4) is 0 Å². The molecule has 0 aromatic rings. The van der Waals surface area contributed by atoms with Crippen LogP contribution in [-0.4, -0.2) is 28.9 Å². The molecule has 1 atom stereocenters. The molecule has 2 N–H and O–H groups in total. The summed E-state index contributed by atoms with van der Waals surface area (Å²) in [6.07, 6.45) is 8.80. The van der Waals surface area contributed by atoms with Crippen LogP contribution < -0.4 is 5.73 Å². The highest BCUT2D eigenvalue weighted by molar-refractivity contribution is 5.87. The van der Waals surface area contributed by atoms with Gasteiger partial charge in [0.2, 0.25) is 5.91 Å². The van der Waals surface area contributed by atoms with Gasteiger partial charge in [-0.15, -0.1) is 0 Å². The van der Waals surface area contributed by atoms with Gasteiger partial charge in [-0.25, -0.2) is 0 Å². The number of likely N-dealkylation sites (tertiary alicyclic amines) is 1. The molecule has 3 nitrogen and oxygen atoms in total. The Morgan fingerprint density at radius 1 is 1.38 bits per heavy atom. The number of carbonyl (C=O) groups excluding carboxylic acids is 1. The molecule has 2 fully saturated rings. The van der Waals surface area contributed by atoms with Crippen LogP contribution in [0.2, 0.25) is 0 Å². The number of hydrogen-bond donors (Lipinski definition) is 1. The van der Waals surface area contributed by atoms with Crippen LogP contribution in [0.5, 0.6) is 0 Å². The number of nitrogens with two attached hydrogens (primary N) is 1. The fourth-order valence-electron chi connectivity index (χ4n) is 2.96. The Bertz CT molecular complexity index is 259. The van der Waals surface area contributed by atoms with Gasteiger partial charge in [0.05, 0.1) is 5.54 Å². The fourth-order valence-corrected chi connectivity index (χ4v) is 2.96. The van der Waals surface area contributed by atoms with Crippen LogP contribution in [0.4, 0.5) is 0 Å². The molecule has 0 bridgehead atoms. The van der Waals surface area contributed by atoms with Crippen molar-refractivity contribution in [3.05, 3.63) is 0 Å². The average Bonchev–Trinajstić information content (AvgIpc) is 2.26. The molecule has 1 aliphatic carbocycles. The maximum absolute atomic E-state index is 12.4. The fraction of sp³-hybridized carbons (Fsp3) is 0.923. The summed E-state index contributed by atoms with van der Waals surface area (Å²) in [6, 6.07) is 0.465. The number of nitrogens with zero attached hydrogens (tertiary/aromatic N) is 1. The van der Waals surface area contributed by atoms with Gasteiger partial charge in [-0.1, -0.05) is 13.3 Å². The molecule has 1 saturated heterocycles. The van der Waals surface area contributed by atoms with Crippen molar-refractivity contribution in [2.24, 2.45) is 5.73 Å². The number of amides is 1. The monoisotopic (exact) mass is 224 g/mol. The van der Waals surface area contributed by atoms with E-state index >= 15 is 0 Å². The van der Waals surface area contributed by atoms with Crippen LogP contribution in [0.15, 0.2) is 0 Å². The molecule has 0 aromatic heterocycles. The largest absolute Gasteiger partial charge is 0.338 e. The van der Waals surface area contributed by atoms with E-state index in [1.54, 1.807) is 0 Å². The highest BCUT2D eigenvalue weighted by Crippen LogP contribution is 2.33. The first-order valence-corrected chi connectivity index (χ1v) is 6.77. The third kappa shape index (κ3) is 2.10. The summed E-state index contributed by atoms with van der Waals surface area (Å²) in [5, 5.41) is 0. The summed E-state index contributed by atoms with van der Waals surface area (Å²) in [5.74, 6) is 0.233. The molecule has 3 heteroatoms. The normalized spacial score (nSPS) is 28.6. The molecule has 0 spiro atoms. The minimum Gasteiger partial charge on any atom is -0.338 e. The van der Waals surface area contributed by atoms with Gasteiger partial charge in [0.15, 0.2) is 0 Å². The predicted molar refractivity (Wildman–Crippen MR) is 65.0 cm³/mol. The molecule has 2 aliphatic rings. The van der Waals surface area contributed by atoms with Gasteiger partial charge in [0.1, 0.15) is 0 Å². The summed E-state index contributed by atoms with van der Waals surface area (Å²) in [5.41, 5.74) is 5.65. The molecule has 1 unspecified atom stereocenters. The molecular weight excluding hydrogens is 200 g/mol. The summed E-state index contributed by atoms with van der Waals surface area (Å²) >= 11 is 0. The van der Waals surface area contributed by atoms with Crippen molar-refractivity contribution in [2.75, 3.05) is 6.54 Å². The van der Waals surface area contributed by atoms with Crippen LogP contribution in [0.1, 0.15) is 58.3 Å². The number of piperidine rings is 1. The van der Waals surface area contributed by atoms with Crippen molar-refractivity contribution >= 4 is 5.91 Å². The zero-order chi connectivity index (χ0) is 11.6. The number of hydrogen-bond acceptors (Lipinski definition) is 2. The van der Waals surface area contributed by atoms with E-state index in [4.69, 9.17) is 5.73 Å². The summed E-state index contributed by atoms with van der Waals surface area (Å²) in [4.78, 5) is 14.5. The zero-order valence-corrected chi connectivity index (χ0v) is 10.4. The maximum atomic E-state index is 12.4. The molecule has 1 heterocycles. The third-order valence-corrected chi connectivity index (χ3v) is 4.18. The van der Waals surface area contributed by atoms with Gasteiger partial charge in [-0.05, 0) is 44.9 Å². The molecular formula is C13H24N2O. The maximum Gasteiger partial charge on any atom is 0.242 e. The van der Waals surface area contributed by atoms with Crippen LogP contribution in [0.25, 0.3) is 0 Å². The Morgan fingerprint density at radius 2 is 2.12 bits per heavy atom. The topological polar surface area (TPSA) is 46.3 Å². The van der Waals surface area contributed by atoms with Gasteiger partial charge in [0, 0.05) is 12.6 Å². The van der Waals surface area contributed by atoms with Gasteiger partial charge in [0.25, 0.3) is 0 Å². The quantitative estimate of drug-likeness (QED) is 0.797. The Morgan fingerprint density at radius 3 is 2.69 bits per heavy atom. The van der Waals surface area contributed by atoms with Crippen molar-refractivity contribution in [1.29, 1.82) is 0 Å². The molecule has 0 radical (unpaired) electrons. The van der Waals surface area contributed by atoms with Crippen LogP contribution in [0, 0.1) is 0 Å². The van der Waals surface area contributed by atoms with Gasteiger partial charge < -0.3 is 10.6 Å². The number of rotatable bonds is 3. The number of carbonyl (C=O) groups is 1. The molecule has 16 heavy (non-hydrogen) atoms. The first kappa shape index (κ1) is 11.9. The van der Waals surface area contributed by atoms with Crippen LogP contribution in [-0.2, 0) is 4.79 Å². The highest BCUT2D eigenvalue weighted by atomic mass is 16.2. The second-order valence-corrected chi connectivity index (χ2v) is 5.45. The minimum absolute atomic E-state index is 0.233. The second kappa shape index (κ2) is 4.74. The van der Waals surface area contributed by atoms with Gasteiger partial charge >= 0.3 is 0 Å². The molecule has 1 saturated carbocycles. The third-order valence-electron chi connectivity index (χ3n) is 4.18. The van der Waals surface area contributed by atoms with Crippen molar-refractivity contribution in [3.63, 3.8) is 0 Å². The lowest BCUT2D eigenvalue weighted by atomic mass is 9.76. The van der Waals surface area contributed by atoms with E-state index in [0.29, 0.717) is 6.04 Å². The average molecular weight is 224 g/mol. The lowest BCUT2D eigenvalue weighted by molar-refractivity contribution is -0.144. The lowest BCUT2D eigenvalue weighted by Gasteiger charge is -2.45. The minimum atomic E-state index is -0.497. The first-order chi connectivity index (χ1) is 7.67. The highest BCUT2D eigenvalue weighted by Gasteiger charge is 2.44. The first-order valence-electron chi connectivity index (χ1n) is 6.77. The zero-order valence-electron chi connectivity index (χ0n) is 10.4. The van der Waals surface area contributed by atoms with E-state index in [-0.39, 0.29) is 5.91 Å². The van der Waals surface area contributed by atoms with Crippen LogP contribution >= 0.6 is 0 Å². The molecule has 92 valence electrons. The Kier molecular flexibility index (Phi) is 3.53. The van der Waals surface area contributed by atoms with Crippen molar-refractivity contribution in [2.45, 2.75) is 69.9 Å². The molecule has 1 aliphatic heterocycles. The van der Waals surface area contributed by atoms with Crippen molar-refractivity contribution in [3.8, 4) is 0 Å². The molecule has 1 amide bonds. The Hall–Kier alpha value is -0.570. The van der Waals surface area contributed by atoms with E-state index in [9.17, 15) is 4.79 Å². The smallest absolute Gasteiger partial charge is 0.242 e. The van der Waals surface area contributed by atoms with Crippen molar-refractivity contribution < 1.29 is 4.79 Å². The van der Waals surface area contributed by atoms with Crippen molar-refractivity contribution in [1.82, 2.24) is 4.90 Å². The SMILES string of the molecule is CCCC1CCCCN1C(=O)C1(N)CCC1. The Balaban J connectivity index is 2.01. The van der Waals surface area contributed by atoms with Gasteiger partial charge in [-0.2, -0.15) is 0 Å². The summed E-state index contributed by atoms with van der Waals surface area (Å²) in [6.45, 7) is 3.13. The van der Waals surface area contributed by atoms with Gasteiger partial charge in [-0.3, -0.25) is 4.79 Å². The lowest BCUT2D eigenvalue weighted by Crippen LogP contribution is -2.62. The Labute approximate surface area is 98.4 Å². The van der Waals surface area contributed by atoms with E-state index in [1.165, 1.54) is 12.8 Å². The van der Waals surface area contributed by atoms with E-state index in [1.807, 2.05) is 0 Å². The molecule has 2 rings (SSSR count).